The van der Waals surface area contributed by atoms with Crippen molar-refractivity contribution in [2.45, 2.75) is 39.2 Å². The van der Waals surface area contributed by atoms with Gasteiger partial charge in [0.2, 0.25) is 11.8 Å². The maximum Gasteiger partial charge on any atom is 0.240 e. The highest BCUT2D eigenvalue weighted by atomic mass is 16.2. The lowest BCUT2D eigenvalue weighted by Crippen LogP contribution is -2.45. The van der Waals surface area contributed by atoms with Gasteiger partial charge in [0, 0.05) is 11.8 Å². The molecule has 1 heterocycles. The minimum absolute atomic E-state index is 0.0000983. The van der Waals surface area contributed by atoms with Crippen LogP contribution >= 0.6 is 0 Å². The van der Waals surface area contributed by atoms with E-state index in [4.69, 9.17) is 4.99 Å². The van der Waals surface area contributed by atoms with Gasteiger partial charge in [-0.2, -0.15) is 0 Å². The first-order valence-electron chi connectivity index (χ1n) is 7.83. The van der Waals surface area contributed by atoms with Gasteiger partial charge < -0.3 is 10.2 Å². The van der Waals surface area contributed by atoms with Gasteiger partial charge in [-0.1, -0.05) is 12.1 Å². The van der Waals surface area contributed by atoms with Crippen molar-refractivity contribution in [3.63, 3.8) is 0 Å². The largest absolute Gasteiger partial charge is 0.352 e. The zero-order valence-corrected chi connectivity index (χ0v) is 13.0. The molecule has 5 heteroatoms. The van der Waals surface area contributed by atoms with Crippen molar-refractivity contribution in [2.75, 3.05) is 11.4 Å². The average molecular weight is 299 g/mol. The van der Waals surface area contributed by atoms with Gasteiger partial charge in [-0.05, 0) is 45.2 Å². The molecule has 1 aromatic rings. The lowest BCUT2D eigenvalue weighted by molar-refractivity contribution is -0.125. The quantitative estimate of drug-likeness (QED) is 0.931. The Morgan fingerprint density at radius 1 is 1.41 bits per heavy atom. The molecular formula is C17H21N3O2. The lowest BCUT2D eigenvalue weighted by Gasteiger charge is -2.24. The summed E-state index contributed by atoms with van der Waals surface area (Å²) >= 11 is 0. The van der Waals surface area contributed by atoms with Crippen molar-refractivity contribution < 1.29 is 9.59 Å². The minimum atomic E-state index is -0.167. The van der Waals surface area contributed by atoms with Gasteiger partial charge in [-0.25, -0.2) is 0 Å². The molecule has 0 spiro atoms. The maximum absolute atomic E-state index is 12.9. The number of para-hydroxylation sites is 2. The molecule has 0 bridgehead atoms. The van der Waals surface area contributed by atoms with Gasteiger partial charge in [0.15, 0.2) is 0 Å². The summed E-state index contributed by atoms with van der Waals surface area (Å²) in [5.41, 5.74) is 2.48. The Bertz CT molecular complexity index is 637. The number of amides is 2. The molecule has 1 atom stereocenters. The number of nitrogens with one attached hydrogen (secondary N) is 1. The van der Waals surface area contributed by atoms with Gasteiger partial charge >= 0.3 is 0 Å². The molecule has 2 amide bonds. The Kier molecular flexibility index (Phi) is 3.96. The van der Waals surface area contributed by atoms with E-state index in [2.05, 4.69) is 5.32 Å². The monoisotopic (exact) mass is 299 g/mol. The van der Waals surface area contributed by atoms with Crippen LogP contribution in [0.1, 0.15) is 33.1 Å². The zero-order chi connectivity index (χ0) is 15.7. The molecule has 1 N–H and O–H groups in total. The molecule has 1 saturated carbocycles. The van der Waals surface area contributed by atoms with Crippen molar-refractivity contribution in [3.05, 3.63) is 24.3 Å². The van der Waals surface area contributed by atoms with E-state index in [0.29, 0.717) is 0 Å². The number of rotatable bonds is 3. The van der Waals surface area contributed by atoms with Crippen LogP contribution in [0.15, 0.2) is 29.3 Å². The van der Waals surface area contributed by atoms with Crippen LogP contribution in [0.4, 0.5) is 11.4 Å². The number of carbonyl (C=O) groups is 2. The van der Waals surface area contributed by atoms with Crippen molar-refractivity contribution in [1.29, 1.82) is 0 Å². The number of nitrogens with zero attached hydrogens (tertiary/aromatic N) is 2. The first-order valence-corrected chi connectivity index (χ1v) is 7.83. The topological polar surface area (TPSA) is 61.8 Å². The van der Waals surface area contributed by atoms with Crippen LogP contribution in [0.25, 0.3) is 0 Å². The van der Waals surface area contributed by atoms with Gasteiger partial charge in [0.1, 0.15) is 6.54 Å². The Balaban J connectivity index is 1.95. The second kappa shape index (κ2) is 5.91. The smallest absolute Gasteiger partial charge is 0.240 e. The van der Waals surface area contributed by atoms with Crippen LogP contribution in [-0.4, -0.2) is 30.1 Å². The normalized spacial score (nSPS) is 20.3. The summed E-state index contributed by atoms with van der Waals surface area (Å²) in [6.07, 6.45) is 2.69. The second-order valence-corrected chi connectivity index (χ2v) is 6.18. The van der Waals surface area contributed by atoms with E-state index in [-0.39, 0.29) is 30.3 Å². The predicted octanol–water partition coefficient (Wildman–Crippen LogP) is 2.43. The molecule has 3 rings (SSSR count). The molecule has 1 aliphatic heterocycles. The van der Waals surface area contributed by atoms with E-state index in [1.165, 1.54) is 0 Å². The summed E-state index contributed by atoms with van der Waals surface area (Å²) in [5, 5.41) is 2.85. The highest BCUT2D eigenvalue weighted by molar-refractivity contribution is 6.16. The van der Waals surface area contributed by atoms with Gasteiger partial charge in [-0.15, -0.1) is 0 Å². The SMILES string of the molecule is CC(C)NC(=O)CN1C(=O)[C@H]2CCCC2=Nc2ccccc21. The van der Waals surface area contributed by atoms with Crippen LogP contribution in [0.2, 0.25) is 0 Å². The average Bonchev–Trinajstić information content (AvgIpc) is 2.88. The third-order valence-corrected chi connectivity index (χ3v) is 4.08. The summed E-state index contributed by atoms with van der Waals surface area (Å²) < 4.78 is 0. The lowest BCUT2D eigenvalue weighted by atomic mass is 10.1. The van der Waals surface area contributed by atoms with Gasteiger partial charge in [0.25, 0.3) is 0 Å². The van der Waals surface area contributed by atoms with E-state index in [9.17, 15) is 9.59 Å². The molecule has 0 aromatic heterocycles. The first-order chi connectivity index (χ1) is 10.6. The fraction of sp³-hybridized carbons (Fsp3) is 0.471. The van der Waals surface area contributed by atoms with Crippen LogP contribution in [0.5, 0.6) is 0 Å². The maximum atomic E-state index is 12.9. The Hall–Kier alpha value is -2.17. The summed E-state index contributed by atoms with van der Waals surface area (Å²) in [5.74, 6) is -0.307. The van der Waals surface area contributed by atoms with Crippen LogP contribution in [-0.2, 0) is 9.59 Å². The van der Waals surface area contributed by atoms with Crippen molar-refractivity contribution in [1.82, 2.24) is 5.32 Å². The molecule has 22 heavy (non-hydrogen) atoms. The van der Waals surface area contributed by atoms with Crippen LogP contribution in [0, 0.1) is 5.92 Å². The van der Waals surface area contributed by atoms with E-state index < -0.39 is 0 Å². The third-order valence-electron chi connectivity index (χ3n) is 4.08. The molecule has 1 aromatic carbocycles. The molecule has 0 saturated heterocycles. The fourth-order valence-corrected chi connectivity index (χ4v) is 3.15. The molecule has 0 radical (unpaired) electrons. The molecule has 0 unspecified atom stereocenters. The van der Waals surface area contributed by atoms with E-state index in [1.807, 2.05) is 38.1 Å². The zero-order valence-electron chi connectivity index (χ0n) is 13.0. The highest BCUT2D eigenvalue weighted by Crippen LogP contribution is 2.37. The van der Waals surface area contributed by atoms with Crippen molar-refractivity contribution in [2.24, 2.45) is 10.9 Å². The Morgan fingerprint density at radius 2 is 2.18 bits per heavy atom. The van der Waals surface area contributed by atoms with Crippen LogP contribution in [0.3, 0.4) is 0 Å². The predicted molar refractivity (Wildman–Crippen MR) is 86.5 cm³/mol. The number of hydrogen-bond acceptors (Lipinski definition) is 3. The summed E-state index contributed by atoms with van der Waals surface area (Å²) in [7, 11) is 0. The Morgan fingerprint density at radius 3 is 2.95 bits per heavy atom. The standard InChI is InChI=1S/C17H21N3O2/c1-11(2)18-16(21)10-20-15-9-4-3-7-14(15)19-13-8-5-6-12(13)17(20)22/h3-4,7,9,11-12H,5-6,8,10H2,1-2H3,(H,18,21)/t12-/m0/s1. The number of aliphatic imine (C=N–C) groups is 1. The number of fused-ring (bicyclic) bond motifs is 2. The molecule has 1 fully saturated rings. The molecule has 2 aliphatic rings. The molecule has 116 valence electrons. The number of benzene rings is 1. The minimum Gasteiger partial charge on any atom is -0.352 e. The third kappa shape index (κ3) is 2.75. The Labute approximate surface area is 130 Å². The summed E-state index contributed by atoms with van der Waals surface area (Å²) in [4.78, 5) is 31.3. The van der Waals surface area contributed by atoms with Crippen molar-refractivity contribution in [3.8, 4) is 0 Å². The van der Waals surface area contributed by atoms with Crippen molar-refractivity contribution >= 4 is 28.9 Å². The molecule has 5 nitrogen and oxygen atoms in total. The first kappa shape index (κ1) is 14.8. The highest BCUT2D eigenvalue weighted by Gasteiger charge is 2.36. The molecule has 1 aliphatic carbocycles. The van der Waals surface area contributed by atoms with Gasteiger partial charge in [-0.3, -0.25) is 14.6 Å². The molecular weight excluding hydrogens is 278 g/mol. The summed E-state index contributed by atoms with van der Waals surface area (Å²) in [6, 6.07) is 7.61. The van der Waals surface area contributed by atoms with E-state index in [1.54, 1.807) is 4.90 Å². The van der Waals surface area contributed by atoms with Gasteiger partial charge in [0.05, 0.1) is 17.3 Å². The summed E-state index contributed by atoms with van der Waals surface area (Å²) in [6.45, 7) is 3.87. The second-order valence-electron chi connectivity index (χ2n) is 6.18. The number of anilines is 1. The van der Waals surface area contributed by atoms with E-state index >= 15 is 0 Å². The van der Waals surface area contributed by atoms with E-state index in [0.717, 1.165) is 36.3 Å². The number of carbonyl (C=O) groups excluding carboxylic acids is 2. The number of hydrogen-bond donors (Lipinski definition) is 1. The van der Waals surface area contributed by atoms with Crippen LogP contribution < -0.4 is 10.2 Å². The fourth-order valence-electron chi connectivity index (χ4n) is 3.15.